The minimum absolute atomic E-state index is 0.699. The first kappa shape index (κ1) is 21.0. The predicted molar refractivity (Wildman–Crippen MR) is 134 cm³/mol. The predicted octanol–water partition coefficient (Wildman–Crippen LogP) is 5.95. The van der Waals surface area contributed by atoms with Crippen LogP contribution in [0.3, 0.4) is 0 Å². The molecule has 34 heavy (non-hydrogen) atoms. The highest BCUT2D eigenvalue weighted by Crippen LogP contribution is 2.35. The maximum Gasteiger partial charge on any atom is 0.0954 e. The van der Waals surface area contributed by atoms with E-state index in [4.69, 9.17) is 4.98 Å². The maximum absolute atomic E-state index is 4.72. The Kier molecular flexibility index (Phi) is 6.30. The molecule has 5 aromatic rings. The Balaban J connectivity index is 2.08. The van der Waals surface area contributed by atoms with Crippen molar-refractivity contribution >= 4 is 21.7 Å². The van der Waals surface area contributed by atoms with Gasteiger partial charge in [0.2, 0.25) is 0 Å². The van der Waals surface area contributed by atoms with Crippen molar-refractivity contribution in [2.75, 3.05) is 0 Å². The quantitative estimate of drug-likeness (QED) is 0.338. The molecule has 0 saturated heterocycles. The summed E-state index contributed by atoms with van der Waals surface area (Å²) in [5, 5.41) is 18.9. The molecule has 0 unspecified atom stereocenters. The van der Waals surface area contributed by atoms with Crippen LogP contribution in [0.4, 0.5) is 0 Å². The van der Waals surface area contributed by atoms with Gasteiger partial charge in [-0.1, -0.05) is 66.7 Å². The third-order valence-corrected chi connectivity index (χ3v) is 5.29. The SMILES string of the molecule is c1ccc(-c2ccccn2)c(-c2ccccn2)c2ccccc2c2ccccc2nnnnc1. The lowest BCUT2D eigenvalue weighted by molar-refractivity contribution is 0.802. The van der Waals surface area contributed by atoms with Crippen molar-refractivity contribution in [3.05, 3.63) is 122 Å². The van der Waals surface area contributed by atoms with Crippen LogP contribution in [-0.2, 0) is 0 Å². The molecule has 0 aliphatic rings. The highest BCUT2D eigenvalue weighted by molar-refractivity contribution is 6.10. The molecule has 0 amide bonds. The number of fused-ring (bicyclic) bond motifs is 3. The molecule has 0 bridgehead atoms. The molecule has 0 radical (unpaired) electrons. The molecule has 0 spiro atoms. The van der Waals surface area contributed by atoms with Crippen molar-refractivity contribution in [2.45, 2.75) is 0 Å². The Bertz CT molecular complexity index is 1550. The Labute approximate surface area is 196 Å². The van der Waals surface area contributed by atoms with Crippen LogP contribution >= 0.6 is 0 Å². The Morgan fingerprint density at radius 3 is 1.82 bits per heavy atom. The van der Waals surface area contributed by atoms with Crippen LogP contribution in [0.25, 0.3) is 44.2 Å². The first-order valence-electron chi connectivity index (χ1n) is 10.8. The summed E-state index contributed by atoms with van der Waals surface area (Å²) in [6.07, 6.45) is 5.17. The standard InChI is InChI=1S/C28H20N6/c1-2-13-23-21(11-1)22-12-3-4-16-26(22)32-34-33-31-20-10-5-14-24(25-15-6-8-18-29-25)28(23)27-17-7-9-19-30-27/h1-20H. The zero-order chi connectivity index (χ0) is 23.0. The maximum atomic E-state index is 4.72. The summed E-state index contributed by atoms with van der Waals surface area (Å²) in [6.45, 7) is 0. The van der Waals surface area contributed by atoms with Gasteiger partial charge in [0.1, 0.15) is 0 Å². The van der Waals surface area contributed by atoms with Crippen LogP contribution in [0.15, 0.2) is 122 Å². The minimum Gasteiger partial charge on any atom is -0.256 e. The van der Waals surface area contributed by atoms with Crippen LogP contribution < -0.4 is 0 Å². The third kappa shape index (κ3) is 4.52. The monoisotopic (exact) mass is 440 g/mol. The van der Waals surface area contributed by atoms with E-state index in [9.17, 15) is 0 Å². The van der Waals surface area contributed by atoms with Gasteiger partial charge in [0.25, 0.3) is 0 Å². The van der Waals surface area contributed by atoms with Crippen molar-refractivity contribution in [1.29, 1.82) is 0 Å². The summed E-state index contributed by atoms with van der Waals surface area (Å²) in [7, 11) is 0. The molecule has 162 valence electrons. The molecular weight excluding hydrogens is 420 g/mol. The van der Waals surface area contributed by atoms with Gasteiger partial charge in [0.05, 0.1) is 23.1 Å². The Hall–Kier alpha value is -4.84. The van der Waals surface area contributed by atoms with Gasteiger partial charge in [0.15, 0.2) is 0 Å². The number of aromatic nitrogens is 6. The Morgan fingerprint density at radius 1 is 0.441 bits per heavy atom. The van der Waals surface area contributed by atoms with E-state index in [1.807, 2.05) is 84.9 Å². The lowest BCUT2D eigenvalue weighted by atomic mass is 9.96. The van der Waals surface area contributed by atoms with E-state index in [0.29, 0.717) is 5.52 Å². The van der Waals surface area contributed by atoms with Crippen molar-refractivity contribution in [3.8, 4) is 22.5 Å². The molecule has 0 atom stereocenters. The summed E-state index contributed by atoms with van der Waals surface area (Å²) in [6, 6.07) is 33.6. The van der Waals surface area contributed by atoms with Gasteiger partial charge in [-0.3, -0.25) is 9.97 Å². The molecule has 3 heterocycles. The molecule has 6 heteroatoms. The normalized spacial score (nSPS) is 10.4. The van der Waals surface area contributed by atoms with E-state index in [1.54, 1.807) is 24.7 Å². The molecule has 2 aromatic carbocycles. The number of hydrogen-bond donors (Lipinski definition) is 0. The lowest BCUT2D eigenvalue weighted by Crippen LogP contribution is -1.90. The second kappa shape index (κ2) is 10.2. The summed E-state index contributed by atoms with van der Waals surface area (Å²) in [4.78, 5) is 9.38. The van der Waals surface area contributed by atoms with Gasteiger partial charge in [-0.2, -0.15) is 0 Å². The number of hydrogen-bond acceptors (Lipinski definition) is 6. The fraction of sp³-hybridized carbons (Fsp3) is 0. The van der Waals surface area contributed by atoms with Crippen molar-refractivity contribution < 1.29 is 0 Å². The number of benzene rings is 2. The Morgan fingerprint density at radius 2 is 1.06 bits per heavy atom. The second-order valence-electron chi connectivity index (χ2n) is 7.38. The molecular formula is C28H20N6. The largest absolute Gasteiger partial charge is 0.256 e. The van der Waals surface area contributed by atoms with Crippen LogP contribution in [0, 0.1) is 0 Å². The highest BCUT2D eigenvalue weighted by atomic mass is 15.4. The summed E-state index contributed by atoms with van der Waals surface area (Å²) in [5.41, 5.74) is 4.28. The number of pyridine rings is 2. The van der Waals surface area contributed by atoms with Gasteiger partial charge in [-0.05, 0) is 57.6 Å². The van der Waals surface area contributed by atoms with Crippen LogP contribution in [0.5, 0.6) is 0 Å². The molecule has 5 rings (SSSR count). The van der Waals surface area contributed by atoms with Gasteiger partial charge < -0.3 is 0 Å². The van der Waals surface area contributed by atoms with E-state index in [0.717, 1.165) is 38.7 Å². The minimum atomic E-state index is 0.699. The smallest absolute Gasteiger partial charge is 0.0954 e. The van der Waals surface area contributed by atoms with Gasteiger partial charge in [-0.15, -0.1) is 10.2 Å². The van der Waals surface area contributed by atoms with Crippen molar-refractivity contribution in [2.24, 2.45) is 0 Å². The molecule has 0 N–H and O–H groups in total. The molecule has 0 fully saturated rings. The first-order valence-corrected chi connectivity index (χ1v) is 10.8. The topological polar surface area (TPSA) is 77.3 Å². The van der Waals surface area contributed by atoms with E-state index < -0.39 is 0 Å². The van der Waals surface area contributed by atoms with E-state index >= 15 is 0 Å². The van der Waals surface area contributed by atoms with Gasteiger partial charge in [0, 0.05) is 28.9 Å². The fourth-order valence-electron chi connectivity index (χ4n) is 3.84. The number of rotatable bonds is 2. The summed E-state index contributed by atoms with van der Waals surface area (Å²) < 4.78 is 0. The molecule has 0 saturated carbocycles. The number of nitrogens with zero attached hydrogens (tertiary/aromatic N) is 6. The average Bonchev–Trinajstić information content (AvgIpc) is 2.90. The van der Waals surface area contributed by atoms with E-state index in [1.165, 1.54) is 0 Å². The molecule has 0 aliphatic carbocycles. The van der Waals surface area contributed by atoms with Gasteiger partial charge >= 0.3 is 0 Å². The fourth-order valence-corrected chi connectivity index (χ4v) is 3.84. The zero-order valence-electron chi connectivity index (χ0n) is 18.2. The first-order chi connectivity index (χ1) is 16.9. The van der Waals surface area contributed by atoms with E-state index in [2.05, 4.69) is 37.7 Å². The molecule has 6 nitrogen and oxygen atoms in total. The average molecular weight is 441 g/mol. The van der Waals surface area contributed by atoms with Gasteiger partial charge in [-0.25, -0.2) is 0 Å². The van der Waals surface area contributed by atoms with E-state index in [-0.39, 0.29) is 0 Å². The van der Waals surface area contributed by atoms with Crippen molar-refractivity contribution in [1.82, 2.24) is 30.6 Å². The summed E-state index contributed by atoms with van der Waals surface area (Å²) >= 11 is 0. The molecule has 0 aliphatic heterocycles. The van der Waals surface area contributed by atoms with Crippen molar-refractivity contribution in [3.63, 3.8) is 0 Å². The highest BCUT2D eigenvalue weighted by Gasteiger charge is 2.12. The third-order valence-electron chi connectivity index (χ3n) is 5.29. The van der Waals surface area contributed by atoms with Crippen LogP contribution in [0.1, 0.15) is 0 Å². The molecule has 3 aromatic heterocycles. The van der Waals surface area contributed by atoms with Crippen LogP contribution in [-0.4, -0.2) is 30.6 Å². The second-order valence-corrected chi connectivity index (χ2v) is 7.38. The lowest BCUT2D eigenvalue weighted by Gasteiger charge is -2.11. The van der Waals surface area contributed by atoms with Crippen LogP contribution in [0.2, 0.25) is 0 Å². The summed E-state index contributed by atoms with van der Waals surface area (Å²) in [5.74, 6) is 0. The zero-order valence-corrected chi connectivity index (χ0v) is 18.2.